The van der Waals surface area contributed by atoms with Gasteiger partial charge in [0.05, 0.1) is 12.8 Å². The second-order valence-corrected chi connectivity index (χ2v) is 5.99. The van der Waals surface area contributed by atoms with Crippen LogP contribution in [0.3, 0.4) is 0 Å². The van der Waals surface area contributed by atoms with Crippen LogP contribution in [0.25, 0.3) is 16.8 Å². The normalized spacial score (nSPS) is 10.7. The Morgan fingerprint density at radius 1 is 0.963 bits per heavy atom. The number of carbonyl (C=O) groups is 2. The van der Waals surface area contributed by atoms with E-state index in [0.717, 1.165) is 16.3 Å². The Morgan fingerprint density at radius 3 is 2.52 bits per heavy atom. The van der Waals surface area contributed by atoms with Crippen LogP contribution in [-0.2, 0) is 9.59 Å². The van der Waals surface area contributed by atoms with Crippen LogP contribution in [0.2, 0.25) is 0 Å². The van der Waals surface area contributed by atoms with E-state index in [-0.39, 0.29) is 11.8 Å². The van der Waals surface area contributed by atoms with Gasteiger partial charge in [0.2, 0.25) is 11.8 Å². The van der Waals surface area contributed by atoms with Crippen molar-refractivity contribution < 1.29 is 14.3 Å². The molecule has 5 heteroatoms. The van der Waals surface area contributed by atoms with Gasteiger partial charge in [0.15, 0.2) is 0 Å². The highest BCUT2D eigenvalue weighted by molar-refractivity contribution is 6.04. The highest BCUT2D eigenvalue weighted by Gasteiger charge is 2.07. The largest absolute Gasteiger partial charge is 0.495 e. The molecule has 136 valence electrons. The lowest BCUT2D eigenvalue weighted by molar-refractivity contribution is -0.114. The van der Waals surface area contributed by atoms with Gasteiger partial charge in [0.1, 0.15) is 5.75 Å². The number of rotatable bonds is 5. The summed E-state index contributed by atoms with van der Waals surface area (Å²) in [6.45, 7) is 1.41. The number of hydrogen-bond donors (Lipinski definition) is 2. The van der Waals surface area contributed by atoms with Crippen LogP contribution in [0.4, 0.5) is 11.4 Å². The number of methoxy groups -OCH3 is 1. The second kappa shape index (κ2) is 8.19. The number of carbonyl (C=O) groups excluding carboxylic acids is 2. The minimum absolute atomic E-state index is 0.215. The highest BCUT2D eigenvalue weighted by Crippen LogP contribution is 2.28. The van der Waals surface area contributed by atoms with Gasteiger partial charge in [0, 0.05) is 18.7 Å². The Kier molecular flexibility index (Phi) is 5.52. The summed E-state index contributed by atoms with van der Waals surface area (Å²) in [5.41, 5.74) is 2.03. The molecule has 0 unspecified atom stereocenters. The maximum atomic E-state index is 12.3. The first kappa shape index (κ1) is 18.2. The van der Waals surface area contributed by atoms with Crippen molar-refractivity contribution in [3.8, 4) is 5.75 Å². The van der Waals surface area contributed by atoms with E-state index in [4.69, 9.17) is 4.74 Å². The third-order valence-electron chi connectivity index (χ3n) is 4.02. The van der Waals surface area contributed by atoms with Gasteiger partial charge in [-0.1, -0.05) is 42.5 Å². The van der Waals surface area contributed by atoms with Crippen LogP contribution in [0, 0.1) is 0 Å². The SMILES string of the molecule is COc1ccc(NC(=O)/C=C/c2cccc3ccccc23)cc1NC(C)=O. The number of fused-ring (bicyclic) bond motifs is 1. The lowest BCUT2D eigenvalue weighted by Gasteiger charge is -2.11. The average molecular weight is 360 g/mol. The summed E-state index contributed by atoms with van der Waals surface area (Å²) < 4.78 is 5.21. The molecule has 0 aliphatic carbocycles. The molecule has 2 amide bonds. The first-order valence-electron chi connectivity index (χ1n) is 8.49. The van der Waals surface area contributed by atoms with E-state index >= 15 is 0 Å². The fraction of sp³-hybridized carbons (Fsp3) is 0.0909. The predicted octanol–water partition coefficient (Wildman–Crippen LogP) is 4.46. The molecule has 0 fully saturated rings. The molecule has 5 nitrogen and oxygen atoms in total. The molecule has 0 aromatic heterocycles. The smallest absolute Gasteiger partial charge is 0.248 e. The van der Waals surface area contributed by atoms with Crippen LogP contribution >= 0.6 is 0 Å². The van der Waals surface area contributed by atoms with Crippen molar-refractivity contribution in [1.29, 1.82) is 0 Å². The molecule has 3 aromatic rings. The molecule has 0 heterocycles. The third-order valence-corrected chi connectivity index (χ3v) is 4.02. The average Bonchev–Trinajstić information content (AvgIpc) is 2.66. The van der Waals surface area contributed by atoms with Crippen LogP contribution in [-0.4, -0.2) is 18.9 Å². The van der Waals surface area contributed by atoms with Gasteiger partial charge in [-0.15, -0.1) is 0 Å². The molecule has 0 saturated carbocycles. The van der Waals surface area contributed by atoms with Crippen molar-refractivity contribution in [2.45, 2.75) is 6.92 Å². The summed E-state index contributed by atoms with van der Waals surface area (Å²) in [7, 11) is 1.52. The molecule has 3 aromatic carbocycles. The monoisotopic (exact) mass is 360 g/mol. The Morgan fingerprint density at radius 2 is 1.74 bits per heavy atom. The van der Waals surface area contributed by atoms with Crippen molar-refractivity contribution in [3.63, 3.8) is 0 Å². The third kappa shape index (κ3) is 4.52. The van der Waals surface area contributed by atoms with Crippen molar-refractivity contribution in [1.82, 2.24) is 0 Å². The summed E-state index contributed by atoms with van der Waals surface area (Å²) in [6.07, 6.45) is 3.28. The van der Waals surface area contributed by atoms with Gasteiger partial charge in [-0.25, -0.2) is 0 Å². The molecular formula is C22H20N2O3. The fourth-order valence-corrected chi connectivity index (χ4v) is 2.82. The van der Waals surface area contributed by atoms with E-state index < -0.39 is 0 Å². The molecule has 0 bridgehead atoms. The fourth-order valence-electron chi connectivity index (χ4n) is 2.82. The number of nitrogens with one attached hydrogen (secondary N) is 2. The van der Waals surface area contributed by atoms with E-state index in [1.54, 1.807) is 24.3 Å². The van der Waals surface area contributed by atoms with Crippen LogP contribution in [0.15, 0.2) is 66.7 Å². The molecule has 0 saturated heterocycles. The Balaban J connectivity index is 1.77. The second-order valence-electron chi connectivity index (χ2n) is 5.99. The van der Waals surface area contributed by atoms with E-state index in [9.17, 15) is 9.59 Å². The van der Waals surface area contributed by atoms with Crippen LogP contribution in [0.1, 0.15) is 12.5 Å². The van der Waals surface area contributed by atoms with Crippen molar-refractivity contribution >= 4 is 40.0 Å². The van der Waals surface area contributed by atoms with E-state index in [2.05, 4.69) is 10.6 Å². The molecule has 0 aliphatic rings. The Labute approximate surface area is 157 Å². The van der Waals surface area contributed by atoms with Gasteiger partial charge in [0.25, 0.3) is 0 Å². The first-order valence-corrected chi connectivity index (χ1v) is 8.49. The van der Waals surface area contributed by atoms with Gasteiger partial charge in [-0.3, -0.25) is 9.59 Å². The zero-order chi connectivity index (χ0) is 19.2. The molecule has 0 spiro atoms. The summed E-state index contributed by atoms with van der Waals surface area (Å²) in [4.78, 5) is 23.6. The molecule has 3 rings (SSSR count). The van der Waals surface area contributed by atoms with Crippen LogP contribution in [0.5, 0.6) is 5.75 Å². The zero-order valence-electron chi connectivity index (χ0n) is 15.2. The maximum Gasteiger partial charge on any atom is 0.248 e. The summed E-state index contributed by atoms with van der Waals surface area (Å²) in [5.74, 6) is 0.0454. The lowest BCUT2D eigenvalue weighted by Crippen LogP contribution is -2.10. The minimum Gasteiger partial charge on any atom is -0.495 e. The number of amides is 2. The molecule has 27 heavy (non-hydrogen) atoms. The van der Waals surface area contributed by atoms with Crippen molar-refractivity contribution in [3.05, 3.63) is 72.3 Å². The quantitative estimate of drug-likeness (QED) is 0.660. The minimum atomic E-state index is -0.262. The van der Waals surface area contributed by atoms with Gasteiger partial charge >= 0.3 is 0 Å². The Bertz CT molecular complexity index is 1020. The molecular weight excluding hydrogens is 340 g/mol. The molecule has 0 atom stereocenters. The highest BCUT2D eigenvalue weighted by atomic mass is 16.5. The zero-order valence-corrected chi connectivity index (χ0v) is 15.2. The molecule has 0 radical (unpaired) electrons. The Hall–Kier alpha value is -3.60. The summed E-state index contributed by atoms with van der Waals surface area (Å²) in [5, 5.41) is 7.68. The summed E-state index contributed by atoms with van der Waals surface area (Å²) >= 11 is 0. The number of anilines is 2. The van der Waals surface area contributed by atoms with Crippen LogP contribution < -0.4 is 15.4 Å². The maximum absolute atomic E-state index is 12.3. The molecule has 2 N–H and O–H groups in total. The number of hydrogen-bond acceptors (Lipinski definition) is 3. The van der Waals surface area contributed by atoms with E-state index in [1.807, 2.05) is 42.5 Å². The molecule has 0 aliphatic heterocycles. The van der Waals surface area contributed by atoms with Gasteiger partial charge < -0.3 is 15.4 Å². The number of ether oxygens (including phenoxy) is 1. The van der Waals surface area contributed by atoms with Gasteiger partial charge in [-0.2, -0.15) is 0 Å². The van der Waals surface area contributed by atoms with Gasteiger partial charge in [-0.05, 0) is 40.6 Å². The van der Waals surface area contributed by atoms with Crippen molar-refractivity contribution in [2.75, 3.05) is 17.7 Å². The summed E-state index contributed by atoms with van der Waals surface area (Å²) in [6, 6.07) is 19.0. The van der Waals surface area contributed by atoms with E-state index in [0.29, 0.717) is 17.1 Å². The lowest BCUT2D eigenvalue weighted by atomic mass is 10.0. The van der Waals surface area contributed by atoms with Crippen molar-refractivity contribution in [2.24, 2.45) is 0 Å². The predicted molar refractivity (Wildman–Crippen MR) is 109 cm³/mol. The standard InChI is InChI=1S/C22H20N2O3/c1-15(25)23-20-14-18(11-12-21(20)27-2)24-22(26)13-10-17-8-5-7-16-6-3-4-9-19(16)17/h3-14H,1-2H3,(H,23,25)(H,24,26)/b13-10+. The number of benzene rings is 3. The first-order chi connectivity index (χ1) is 13.1. The topological polar surface area (TPSA) is 67.4 Å². The van der Waals surface area contributed by atoms with E-state index in [1.165, 1.54) is 20.1 Å².